The molecule has 0 aromatic heterocycles. The Hall–Kier alpha value is -6.07. The molecule has 0 amide bonds. The molecule has 1 saturated carbocycles. The summed E-state index contributed by atoms with van der Waals surface area (Å²) in [5.41, 5.74) is 13.8. The molecule has 5 heteroatoms. The Morgan fingerprint density at radius 2 is 1.42 bits per heavy atom. The van der Waals surface area contributed by atoms with Crippen molar-refractivity contribution in [2.24, 2.45) is 15.9 Å². The lowest BCUT2D eigenvalue weighted by atomic mass is 9.74. The minimum Gasteiger partial charge on any atom is -0.386 e. The van der Waals surface area contributed by atoms with Gasteiger partial charge in [0.15, 0.2) is 11.7 Å². The number of aliphatic imine (C=N–C) groups is 2. The van der Waals surface area contributed by atoms with Crippen LogP contribution in [0.4, 0.5) is 11.4 Å². The summed E-state index contributed by atoms with van der Waals surface area (Å²) in [4.78, 5) is 10.9. The number of allylic oxidation sites excluding steroid dienone is 2. The second kappa shape index (κ2) is 19.7. The summed E-state index contributed by atoms with van der Waals surface area (Å²) in [6.07, 6.45) is 13.1. The molecular formula is C52H59N5. The van der Waals surface area contributed by atoms with Gasteiger partial charge in [-0.05, 0) is 78.4 Å². The maximum atomic E-state index is 8.51. The fourth-order valence-corrected chi connectivity index (χ4v) is 7.38. The number of para-hydroxylation sites is 1. The molecule has 0 radical (unpaired) electrons. The van der Waals surface area contributed by atoms with E-state index in [-0.39, 0.29) is 11.3 Å². The molecule has 2 N–H and O–H groups in total. The van der Waals surface area contributed by atoms with Crippen molar-refractivity contribution in [2.45, 2.75) is 58.3 Å². The van der Waals surface area contributed by atoms with Crippen LogP contribution in [0.5, 0.6) is 0 Å². The third kappa shape index (κ3) is 9.49. The molecule has 1 fully saturated rings. The lowest BCUT2D eigenvalue weighted by Gasteiger charge is -2.28. The smallest absolute Gasteiger partial charge is 0.161 e. The van der Waals surface area contributed by atoms with Gasteiger partial charge in [0, 0.05) is 43.3 Å². The number of benzene rings is 5. The normalized spacial score (nSPS) is 17.3. The van der Waals surface area contributed by atoms with Gasteiger partial charge in [-0.2, -0.15) is 0 Å². The first-order valence-corrected chi connectivity index (χ1v) is 20.0. The van der Waals surface area contributed by atoms with Gasteiger partial charge in [-0.25, -0.2) is 9.98 Å². The van der Waals surface area contributed by atoms with E-state index in [0.29, 0.717) is 11.8 Å². The largest absolute Gasteiger partial charge is 0.386 e. The summed E-state index contributed by atoms with van der Waals surface area (Å²) < 4.78 is 0. The molecule has 0 aliphatic heterocycles. The van der Waals surface area contributed by atoms with E-state index in [1.165, 1.54) is 81.6 Å². The standard InChI is InChI=1S/C30H27N3.C16H20N2.C4H8.C2H4/c1-20-13-15-21(16-14-20)28(31)33-29(32-3)22-17-18-25-24-11-7-8-12-26(24)30(2,27(25)19-22)23-9-5-4-6-10-23;1-12-8-10-13(11-9-12)14-6-5-7-15(18(3)4)16(14)17-2;1-2-4-3-1;1-2/h4-13,15-20,31H,3,14H2,1-2H3;5-11,17H,1-4H3;1-4H2;1-2H2. The Morgan fingerprint density at radius 3 is 2.02 bits per heavy atom. The lowest BCUT2D eigenvalue weighted by Crippen LogP contribution is -2.22. The monoisotopic (exact) mass is 753 g/mol. The molecule has 0 heterocycles. The average Bonchev–Trinajstić information content (AvgIpc) is 3.48. The van der Waals surface area contributed by atoms with E-state index in [1.54, 1.807) is 0 Å². The first kappa shape index (κ1) is 42.1. The zero-order chi connectivity index (χ0) is 41.0. The molecule has 3 aliphatic carbocycles. The van der Waals surface area contributed by atoms with Gasteiger partial charge in [0.1, 0.15) is 0 Å². The minimum atomic E-state index is -0.284. The van der Waals surface area contributed by atoms with E-state index in [0.717, 1.165) is 17.6 Å². The molecule has 0 bridgehead atoms. The van der Waals surface area contributed by atoms with Crippen LogP contribution in [-0.2, 0) is 5.41 Å². The van der Waals surface area contributed by atoms with Crippen LogP contribution in [0.2, 0.25) is 0 Å². The third-order valence-corrected chi connectivity index (χ3v) is 11.0. The summed E-state index contributed by atoms with van der Waals surface area (Å²) >= 11 is 0. The molecule has 5 aromatic carbocycles. The first-order chi connectivity index (χ1) is 27.6. The summed E-state index contributed by atoms with van der Waals surface area (Å²) in [6.45, 7) is 16.3. The number of nitrogens with one attached hydrogen (secondary N) is 2. The molecule has 8 rings (SSSR count). The van der Waals surface area contributed by atoms with E-state index >= 15 is 0 Å². The van der Waals surface area contributed by atoms with E-state index in [2.05, 4.69) is 196 Å². The zero-order valence-corrected chi connectivity index (χ0v) is 34.8. The van der Waals surface area contributed by atoms with Gasteiger partial charge in [0.05, 0.1) is 11.4 Å². The first-order valence-electron chi connectivity index (χ1n) is 20.0. The molecule has 57 heavy (non-hydrogen) atoms. The number of aryl methyl sites for hydroxylation is 1. The molecule has 2 atom stereocenters. The number of amidine groups is 2. The number of nitrogens with zero attached hydrogens (tertiary/aromatic N) is 3. The van der Waals surface area contributed by atoms with Crippen LogP contribution in [0.25, 0.3) is 22.3 Å². The quantitative estimate of drug-likeness (QED) is 0.103. The molecular weight excluding hydrogens is 695 g/mol. The van der Waals surface area contributed by atoms with Gasteiger partial charge in [0.2, 0.25) is 0 Å². The van der Waals surface area contributed by atoms with E-state index < -0.39 is 0 Å². The van der Waals surface area contributed by atoms with Crippen molar-refractivity contribution in [2.75, 3.05) is 31.4 Å². The predicted molar refractivity (Wildman–Crippen MR) is 249 cm³/mol. The molecule has 2 unspecified atom stereocenters. The molecule has 5 nitrogen and oxygen atoms in total. The average molecular weight is 754 g/mol. The zero-order valence-electron chi connectivity index (χ0n) is 34.8. The Labute approximate surface area is 341 Å². The van der Waals surface area contributed by atoms with Gasteiger partial charge < -0.3 is 10.2 Å². The highest BCUT2D eigenvalue weighted by Gasteiger charge is 2.40. The van der Waals surface area contributed by atoms with Crippen molar-refractivity contribution in [1.82, 2.24) is 0 Å². The fraction of sp³-hybridized carbons (Fsp3) is 0.250. The van der Waals surface area contributed by atoms with Gasteiger partial charge in [-0.1, -0.05) is 160 Å². The second-order valence-electron chi connectivity index (χ2n) is 15.1. The van der Waals surface area contributed by atoms with Gasteiger partial charge in [0.25, 0.3) is 0 Å². The number of rotatable bonds is 6. The van der Waals surface area contributed by atoms with Crippen molar-refractivity contribution >= 4 is 29.8 Å². The van der Waals surface area contributed by atoms with Crippen LogP contribution in [0.1, 0.15) is 73.8 Å². The summed E-state index contributed by atoms with van der Waals surface area (Å²) in [6, 6.07) is 40.7. The number of fused-ring (bicyclic) bond motifs is 3. The van der Waals surface area contributed by atoms with Crippen LogP contribution in [-0.4, -0.2) is 39.5 Å². The van der Waals surface area contributed by atoms with Crippen LogP contribution in [0.3, 0.4) is 0 Å². The number of hydrogen-bond acceptors (Lipinski definition) is 3. The second-order valence-corrected chi connectivity index (χ2v) is 15.1. The highest BCUT2D eigenvalue weighted by Crippen LogP contribution is 2.52. The number of hydrogen-bond donors (Lipinski definition) is 2. The minimum absolute atomic E-state index is 0.218. The molecule has 0 saturated heterocycles. The highest BCUT2D eigenvalue weighted by molar-refractivity contribution is 6.12. The maximum absolute atomic E-state index is 8.51. The Balaban J connectivity index is 0.000000216. The van der Waals surface area contributed by atoms with Crippen LogP contribution in [0.15, 0.2) is 162 Å². The van der Waals surface area contributed by atoms with E-state index in [1.807, 2.05) is 19.2 Å². The maximum Gasteiger partial charge on any atom is 0.161 e. The van der Waals surface area contributed by atoms with Crippen molar-refractivity contribution < 1.29 is 0 Å². The molecule has 292 valence electrons. The highest BCUT2D eigenvalue weighted by atomic mass is 15.1. The van der Waals surface area contributed by atoms with Crippen molar-refractivity contribution in [3.63, 3.8) is 0 Å². The Bertz CT molecular complexity index is 2230. The van der Waals surface area contributed by atoms with Crippen molar-refractivity contribution in [1.29, 1.82) is 5.41 Å². The summed E-state index contributed by atoms with van der Waals surface area (Å²) in [5.74, 6) is 1.19. The van der Waals surface area contributed by atoms with Crippen molar-refractivity contribution in [3.05, 3.63) is 180 Å². The fourth-order valence-electron chi connectivity index (χ4n) is 7.38. The summed E-state index contributed by atoms with van der Waals surface area (Å²) in [7, 11) is 6.10. The van der Waals surface area contributed by atoms with Gasteiger partial charge in [-0.15, -0.1) is 13.2 Å². The van der Waals surface area contributed by atoms with Crippen LogP contribution < -0.4 is 10.2 Å². The van der Waals surface area contributed by atoms with Crippen molar-refractivity contribution in [3.8, 4) is 22.3 Å². The van der Waals surface area contributed by atoms with Crippen LogP contribution >= 0.6 is 0 Å². The Kier molecular flexibility index (Phi) is 14.5. The molecule has 0 spiro atoms. The van der Waals surface area contributed by atoms with Gasteiger partial charge in [-0.3, -0.25) is 5.41 Å². The Morgan fingerprint density at radius 1 is 0.789 bits per heavy atom. The topological polar surface area (TPSA) is 63.8 Å². The third-order valence-electron chi connectivity index (χ3n) is 11.0. The molecule has 3 aliphatic rings. The lowest BCUT2D eigenvalue weighted by molar-refractivity contribution is 0.504. The molecule has 5 aromatic rings. The van der Waals surface area contributed by atoms with Crippen LogP contribution in [0, 0.1) is 18.3 Å². The number of anilines is 2. The predicted octanol–water partition coefficient (Wildman–Crippen LogP) is 13.1. The van der Waals surface area contributed by atoms with E-state index in [4.69, 9.17) is 5.41 Å². The summed E-state index contributed by atoms with van der Waals surface area (Å²) in [5, 5.41) is 11.8. The van der Waals surface area contributed by atoms with E-state index in [9.17, 15) is 0 Å². The SMILES string of the molecule is C1CCC1.C=C.C=NC(=NC(=N)C1=CCC(C)C=C1)c1ccc2c(c1)C(C)(c1ccccc1)c1ccccc1-2.CNc1c(-c2ccc(C)cc2)cccc1N(C)C. The van der Waals surface area contributed by atoms with Gasteiger partial charge >= 0.3 is 0 Å².